The van der Waals surface area contributed by atoms with Gasteiger partial charge in [-0.15, -0.1) is 0 Å². The summed E-state index contributed by atoms with van der Waals surface area (Å²) in [6.45, 7) is 3.38. The quantitative estimate of drug-likeness (QED) is 0.789. The van der Waals surface area contributed by atoms with Crippen LogP contribution in [0, 0.1) is 5.41 Å². The van der Waals surface area contributed by atoms with Gasteiger partial charge in [0.2, 0.25) is 5.91 Å². The Hall–Kier alpha value is -0.570. The molecule has 0 aromatic heterocycles. The number of rotatable bonds is 5. The van der Waals surface area contributed by atoms with Gasteiger partial charge in [-0.05, 0) is 50.4 Å². The molecule has 0 heterocycles. The van der Waals surface area contributed by atoms with Crippen LogP contribution in [0.1, 0.15) is 64.7 Å². The van der Waals surface area contributed by atoms with E-state index in [9.17, 15) is 4.79 Å². The highest BCUT2D eigenvalue weighted by Crippen LogP contribution is 2.48. The lowest BCUT2D eigenvalue weighted by atomic mass is 9.71. The molecule has 2 aliphatic rings. The summed E-state index contributed by atoms with van der Waals surface area (Å²) < 4.78 is 0. The van der Waals surface area contributed by atoms with Crippen LogP contribution in [0.4, 0.5) is 0 Å². The van der Waals surface area contributed by atoms with E-state index in [0.29, 0.717) is 18.0 Å². The van der Waals surface area contributed by atoms with Crippen molar-refractivity contribution in [3.8, 4) is 0 Å². The van der Waals surface area contributed by atoms with E-state index >= 15 is 0 Å². The van der Waals surface area contributed by atoms with Gasteiger partial charge in [0.15, 0.2) is 0 Å². The van der Waals surface area contributed by atoms with Gasteiger partial charge in [-0.2, -0.15) is 0 Å². The number of carbonyl (C=O) groups is 1. The van der Waals surface area contributed by atoms with Crippen LogP contribution in [0.2, 0.25) is 0 Å². The van der Waals surface area contributed by atoms with Gasteiger partial charge < -0.3 is 10.6 Å². The van der Waals surface area contributed by atoms with Gasteiger partial charge in [0, 0.05) is 12.6 Å². The fraction of sp³-hybridized carbons (Fsp3) is 0.933. The molecule has 0 atom stereocenters. The summed E-state index contributed by atoms with van der Waals surface area (Å²) in [5, 5.41) is 6.34. The van der Waals surface area contributed by atoms with Crippen molar-refractivity contribution in [1.82, 2.24) is 10.6 Å². The van der Waals surface area contributed by atoms with E-state index in [4.69, 9.17) is 0 Å². The highest BCUT2D eigenvalue weighted by atomic mass is 16.1. The van der Waals surface area contributed by atoms with E-state index in [0.717, 1.165) is 13.0 Å². The maximum Gasteiger partial charge on any atom is 0.233 e. The Balaban J connectivity index is 1.63. The molecular weight excluding hydrogens is 224 g/mol. The van der Waals surface area contributed by atoms with Crippen molar-refractivity contribution in [3.63, 3.8) is 0 Å². The minimum absolute atomic E-state index is 0.151. The number of nitrogens with one attached hydrogen (secondary N) is 2. The molecule has 18 heavy (non-hydrogen) atoms. The van der Waals surface area contributed by atoms with Crippen molar-refractivity contribution in [1.29, 1.82) is 0 Å². The largest absolute Gasteiger partial charge is 0.355 e. The normalized spacial score (nSPS) is 23.4. The number of hydrogen-bond donors (Lipinski definition) is 2. The number of amides is 1. The van der Waals surface area contributed by atoms with Crippen LogP contribution in [0.25, 0.3) is 0 Å². The molecule has 104 valence electrons. The van der Waals surface area contributed by atoms with Crippen LogP contribution in [0.5, 0.6) is 0 Å². The van der Waals surface area contributed by atoms with Crippen molar-refractivity contribution < 1.29 is 4.79 Å². The molecule has 3 nitrogen and oxygen atoms in total. The van der Waals surface area contributed by atoms with E-state index in [-0.39, 0.29) is 5.91 Å². The predicted octanol–water partition coefficient (Wildman–Crippen LogP) is 2.61. The second-order valence-corrected chi connectivity index (χ2v) is 6.21. The van der Waals surface area contributed by atoms with Gasteiger partial charge in [-0.3, -0.25) is 4.79 Å². The maximum atomic E-state index is 11.5. The molecule has 0 aromatic rings. The zero-order chi connectivity index (χ0) is 12.8. The lowest BCUT2D eigenvalue weighted by Crippen LogP contribution is -2.42. The van der Waals surface area contributed by atoms with E-state index in [2.05, 4.69) is 17.6 Å². The SMILES string of the molecule is CCCNC(=O)CNC1CCC2(CCCC2)CC1. The highest BCUT2D eigenvalue weighted by Gasteiger charge is 2.37. The van der Waals surface area contributed by atoms with Crippen molar-refractivity contribution in [2.24, 2.45) is 5.41 Å². The summed E-state index contributed by atoms with van der Waals surface area (Å²) >= 11 is 0. The molecule has 3 heteroatoms. The Morgan fingerprint density at radius 3 is 2.44 bits per heavy atom. The summed E-state index contributed by atoms with van der Waals surface area (Å²) in [6.07, 6.45) is 12.1. The first-order valence-corrected chi connectivity index (χ1v) is 7.74. The molecule has 2 saturated carbocycles. The molecule has 2 aliphatic carbocycles. The Morgan fingerprint density at radius 1 is 1.17 bits per heavy atom. The zero-order valence-electron chi connectivity index (χ0n) is 11.8. The van der Waals surface area contributed by atoms with Gasteiger partial charge in [-0.25, -0.2) is 0 Å². The van der Waals surface area contributed by atoms with E-state index in [1.807, 2.05) is 0 Å². The highest BCUT2D eigenvalue weighted by molar-refractivity contribution is 5.77. The maximum absolute atomic E-state index is 11.5. The molecule has 2 rings (SSSR count). The number of hydrogen-bond acceptors (Lipinski definition) is 2. The molecule has 0 unspecified atom stereocenters. The van der Waals surface area contributed by atoms with Crippen molar-refractivity contribution in [2.45, 2.75) is 70.8 Å². The van der Waals surface area contributed by atoms with Gasteiger partial charge in [0.1, 0.15) is 0 Å². The lowest BCUT2D eigenvalue weighted by molar-refractivity contribution is -0.120. The van der Waals surface area contributed by atoms with Gasteiger partial charge in [0.05, 0.1) is 6.54 Å². The Labute approximate surface area is 111 Å². The summed E-state index contributed by atoms with van der Waals surface area (Å²) in [5.41, 5.74) is 0.697. The van der Waals surface area contributed by atoms with Crippen molar-refractivity contribution in [3.05, 3.63) is 0 Å². The lowest BCUT2D eigenvalue weighted by Gasteiger charge is -2.37. The molecule has 2 N–H and O–H groups in total. The molecular formula is C15H28N2O. The average molecular weight is 252 g/mol. The van der Waals surface area contributed by atoms with Gasteiger partial charge in [-0.1, -0.05) is 19.8 Å². The molecule has 0 aliphatic heterocycles. The molecule has 1 amide bonds. The molecule has 0 saturated heterocycles. The molecule has 2 fully saturated rings. The third-order valence-corrected chi connectivity index (χ3v) is 4.83. The summed E-state index contributed by atoms with van der Waals surface area (Å²) in [6, 6.07) is 0.573. The van der Waals surface area contributed by atoms with Crippen LogP contribution in [-0.4, -0.2) is 25.0 Å². The number of carbonyl (C=O) groups excluding carboxylic acids is 1. The average Bonchev–Trinajstić information content (AvgIpc) is 2.84. The monoisotopic (exact) mass is 252 g/mol. The van der Waals surface area contributed by atoms with Crippen molar-refractivity contribution in [2.75, 3.05) is 13.1 Å². The van der Waals surface area contributed by atoms with Crippen LogP contribution < -0.4 is 10.6 Å². The van der Waals surface area contributed by atoms with Gasteiger partial charge in [0.25, 0.3) is 0 Å². The fourth-order valence-corrected chi connectivity index (χ4v) is 3.62. The first-order valence-electron chi connectivity index (χ1n) is 7.74. The predicted molar refractivity (Wildman–Crippen MR) is 74.5 cm³/mol. The third kappa shape index (κ3) is 3.71. The minimum atomic E-state index is 0.151. The van der Waals surface area contributed by atoms with Crippen LogP contribution in [-0.2, 0) is 4.79 Å². The topological polar surface area (TPSA) is 41.1 Å². The molecule has 0 aromatic carbocycles. The summed E-state index contributed by atoms with van der Waals surface area (Å²) in [7, 11) is 0. The third-order valence-electron chi connectivity index (χ3n) is 4.83. The Morgan fingerprint density at radius 2 is 1.83 bits per heavy atom. The van der Waals surface area contributed by atoms with Crippen LogP contribution >= 0.6 is 0 Å². The molecule has 0 bridgehead atoms. The minimum Gasteiger partial charge on any atom is -0.355 e. The standard InChI is InChI=1S/C15H28N2O/c1-2-11-16-14(18)12-17-13-5-9-15(10-6-13)7-3-4-8-15/h13,17H,2-12H2,1H3,(H,16,18). The summed E-state index contributed by atoms with van der Waals surface area (Å²) in [5.74, 6) is 0.151. The Bertz CT molecular complexity index is 262. The summed E-state index contributed by atoms with van der Waals surface area (Å²) in [4.78, 5) is 11.5. The van der Waals surface area contributed by atoms with Crippen LogP contribution in [0.3, 0.4) is 0 Å². The second-order valence-electron chi connectivity index (χ2n) is 6.21. The van der Waals surface area contributed by atoms with Crippen molar-refractivity contribution >= 4 is 5.91 Å². The van der Waals surface area contributed by atoms with E-state index in [1.165, 1.54) is 51.4 Å². The first-order chi connectivity index (χ1) is 8.74. The zero-order valence-corrected chi connectivity index (χ0v) is 11.8. The second kappa shape index (κ2) is 6.55. The van der Waals surface area contributed by atoms with E-state index < -0.39 is 0 Å². The fourth-order valence-electron chi connectivity index (χ4n) is 3.62. The van der Waals surface area contributed by atoms with Crippen LogP contribution in [0.15, 0.2) is 0 Å². The molecule has 1 spiro atoms. The molecule has 0 radical (unpaired) electrons. The smallest absolute Gasteiger partial charge is 0.233 e. The Kier molecular flexibility index (Phi) is 5.04. The van der Waals surface area contributed by atoms with E-state index in [1.54, 1.807) is 0 Å². The van der Waals surface area contributed by atoms with Gasteiger partial charge >= 0.3 is 0 Å². The first kappa shape index (κ1) is 13.9.